The lowest BCUT2D eigenvalue weighted by atomic mass is 9.81. The highest BCUT2D eigenvalue weighted by atomic mass is 16.4. The van der Waals surface area contributed by atoms with Crippen LogP contribution in [-0.4, -0.2) is 11.9 Å². The average Bonchev–Trinajstić information content (AvgIpc) is 2.04. The van der Waals surface area contributed by atoms with Gasteiger partial charge in [-0.15, -0.1) is 0 Å². The van der Waals surface area contributed by atoms with E-state index in [1.165, 1.54) is 0 Å². The Hall–Kier alpha value is -1.06. The summed E-state index contributed by atoms with van der Waals surface area (Å²) in [4.78, 5) is 20.8. The minimum Gasteiger partial charge on any atom is -0.550 e. The van der Waals surface area contributed by atoms with Crippen molar-refractivity contribution in [3.8, 4) is 0 Å². The first-order valence-electron chi connectivity index (χ1n) is 4.03. The van der Waals surface area contributed by atoms with E-state index in [0.29, 0.717) is 19.3 Å². The lowest BCUT2D eigenvalue weighted by molar-refractivity contribution is -0.317. The lowest BCUT2D eigenvalue weighted by Gasteiger charge is -2.29. The first-order valence-corrected chi connectivity index (χ1v) is 4.03. The number of rotatable bonds is 2. The van der Waals surface area contributed by atoms with E-state index in [1.807, 2.05) is 0 Å². The molecule has 0 spiro atoms. The zero-order chi connectivity index (χ0) is 9.14. The lowest BCUT2D eigenvalue weighted by Crippen LogP contribution is -2.40. The zero-order valence-corrected chi connectivity index (χ0v) is 6.62. The highest BCUT2D eigenvalue weighted by molar-refractivity contribution is 5.72. The molecule has 0 N–H and O–H groups in total. The van der Waals surface area contributed by atoms with Crippen molar-refractivity contribution in [1.82, 2.24) is 0 Å². The molecule has 0 amide bonds. The number of hydrogen-bond acceptors (Lipinski definition) is 4. The molecule has 1 aliphatic carbocycles. The Morgan fingerprint density at radius 2 is 1.42 bits per heavy atom. The van der Waals surface area contributed by atoms with Crippen LogP contribution < -0.4 is 10.2 Å². The molecule has 2 atom stereocenters. The summed E-state index contributed by atoms with van der Waals surface area (Å²) >= 11 is 0. The molecule has 0 unspecified atom stereocenters. The highest BCUT2D eigenvalue weighted by Gasteiger charge is 2.23. The molecule has 0 bridgehead atoms. The second kappa shape index (κ2) is 3.56. The number of carboxylic acid groups (broad SMARTS) is 2. The van der Waals surface area contributed by atoms with E-state index in [9.17, 15) is 19.8 Å². The fourth-order valence-electron chi connectivity index (χ4n) is 1.62. The summed E-state index contributed by atoms with van der Waals surface area (Å²) < 4.78 is 0. The predicted molar refractivity (Wildman–Crippen MR) is 35.5 cm³/mol. The van der Waals surface area contributed by atoms with Gasteiger partial charge in [-0.05, 0) is 31.1 Å². The van der Waals surface area contributed by atoms with Crippen molar-refractivity contribution in [1.29, 1.82) is 0 Å². The standard InChI is InChI=1S/C8H12O4/c9-7(10)5-2-1-3-6(4-5)8(11)12/h5-6H,1-4H2,(H,9,10)(H,11,12)/p-2/t5-,6-/m0/s1. The first-order chi connectivity index (χ1) is 5.61. The fraction of sp³-hybridized carbons (Fsp3) is 0.750. The van der Waals surface area contributed by atoms with Gasteiger partial charge in [-0.25, -0.2) is 0 Å². The van der Waals surface area contributed by atoms with Crippen LogP contribution in [0, 0.1) is 11.8 Å². The van der Waals surface area contributed by atoms with Crippen molar-refractivity contribution < 1.29 is 19.8 Å². The summed E-state index contributed by atoms with van der Waals surface area (Å²) in [5.41, 5.74) is 0. The van der Waals surface area contributed by atoms with Gasteiger partial charge in [0.25, 0.3) is 0 Å². The molecule has 0 radical (unpaired) electrons. The summed E-state index contributed by atoms with van der Waals surface area (Å²) in [7, 11) is 0. The second-order valence-corrected chi connectivity index (χ2v) is 3.20. The third-order valence-electron chi connectivity index (χ3n) is 2.34. The quantitative estimate of drug-likeness (QED) is 0.494. The number of aliphatic carboxylic acids is 2. The van der Waals surface area contributed by atoms with E-state index >= 15 is 0 Å². The van der Waals surface area contributed by atoms with E-state index in [2.05, 4.69) is 0 Å². The Morgan fingerprint density at radius 1 is 1.00 bits per heavy atom. The molecule has 1 fully saturated rings. The largest absolute Gasteiger partial charge is 0.550 e. The van der Waals surface area contributed by atoms with Gasteiger partial charge in [-0.3, -0.25) is 0 Å². The Bertz CT molecular complexity index is 179. The van der Waals surface area contributed by atoms with Crippen LogP contribution in [0.3, 0.4) is 0 Å². The number of carbonyl (C=O) groups excluding carboxylic acids is 2. The predicted octanol–water partition coefficient (Wildman–Crippen LogP) is -1.71. The normalized spacial score (nSPS) is 29.7. The molecule has 0 saturated heterocycles. The SMILES string of the molecule is O=C([O-])[C@H]1CCC[C@H](C(=O)[O-])C1. The minimum atomic E-state index is -1.14. The maximum Gasteiger partial charge on any atom is 0.0445 e. The Kier molecular flexibility index (Phi) is 2.68. The smallest absolute Gasteiger partial charge is 0.0445 e. The van der Waals surface area contributed by atoms with Gasteiger partial charge in [0.1, 0.15) is 0 Å². The second-order valence-electron chi connectivity index (χ2n) is 3.20. The summed E-state index contributed by atoms with van der Waals surface area (Å²) in [5.74, 6) is -3.47. The molecule has 68 valence electrons. The van der Waals surface area contributed by atoms with Crippen LogP contribution >= 0.6 is 0 Å². The molecule has 0 aromatic heterocycles. The van der Waals surface area contributed by atoms with E-state index in [-0.39, 0.29) is 6.42 Å². The Morgan fingerprint density at radius 3 is 1.75 bits per heavy atom. The number of carboxylic acids is 2. The number of hydrogen-bond donors (Lipinski definition) is 0. The maximum atomic E-state index is 10.4. The van der Waals surface area contributed by atoms with Gasteiger partial charge in [0.05, 0.1) is 0 Å². The van der Waals surface area contributed by atoms with E-state index in [0.717, 1.165) is 0 Å². The third kappa shape index (κ3) is 1.96. The van der Waals surface area contributed by atoms with Crippen LogP contribution in [-0.2, 0) is 9.59 Å². The Balaban J connectivity index is 2.51. The molecule has 0 aromatic carbocycles. The monoisotopic (exact) mass is 170 g/mol. The molecule has 12 heavy (non-hydrogen) atoms. The first kappa shape index (κ1) is 9.03. The topological polar surface area (TPSA) is 80.3 Å². The van der Waals surface area contributed by atoms with Crippen molar-refractivity contribution in [3.05, 3.63) is 0 Å². The third-order valence-corrected chi connectivity index (χ3v) is 2.34. The van der Waals surface area contributed by atoms with Gasteiger partial charge in [-0.2, -0.15) is 0 Å². The fourth-order valence-corrected chi connectivity index (χ4v) is 1.62. The summed E-state index contributed by atoms with van der Waals surface area (Å²) in [6, 6.07) is 0. The van der Waals surface area contributed by atoms with Crippen LogP contribution in [0.15, 0.2) is 0 Å². The molecule has 4 nitrogen and oxygen atoms in total. The summed E-state index contributed by atoms with van der Waals surface area (Å²) in [6.07, 6.45) is 1.88. The van der Waals surface area contributed by atoms with Crippen LogP contribution in [0.4, 0.5) is 0 Å². The van der Waals surface area contributed by atoms with Crippen molar-refractivity contribution in [2.24, 2.45) is 11.8 Å². The van der Waals surface area contributed by atoms with Crippen molar-refractivity contribution in [2.45, 2.75) is 25.7 Å². The van der Waals surface area contributed by atoms with Gasteiger partial charge in [0.2, 0.25) is 0 Å². The maximum absolute atomic E-state index is 10.4. The Labute approximate surface area is 70.2 Å². The molecular weight excluding hydrogens is 160 g/mol. The summed E-state index contributed by atoms with van der Waals surface area (Å²) in [5, 5.41) is 20.8. The molecule has 0 heterocycles. The zero-order valence-electron chi connectivity index (χ0n) is 6.62. The van der Waals surface area contributed by atoms with Gasteiger partial charge in [0, 0.05) is 11.9 Å². The van der Waals surface area contributed by atoms with E-state index in [1.54, 1.807) is 0 Å². The van der Waals surface area contributed by atoms with Crippen LogP contribution in [0.1, 0.15) is 25.7 Å². The summed E-state index contributed by atoms with van der Waals surface area (Å²) in [6.45, 7) is 0. The van der Waals surface area contributed by atoms with Crippen LogP contribution in [0.5, 0.6) is 0 Å². The van der Waals surface area contributed by atoms with Gasteiger partial charge in [-0.1, -0.05) is 6.42 Å². The van der Waals surface area contributed by atoms with Crippen LogP contribution in [0.25, 0.3) is 0 Å². The average molecular weight is 170 g/mol. The molecule has 1 saturated carbocycles. The van der Waals surface area contributed by atoms with Gasteiger partial charge < -0.3 is 19.8 Å². The van der Waals surface area contributed by atoms with Crippen LogP contribution in [0.2, 0.25) is 0 Å². The van der Waals surface area contributed by atoms with E-state index < -0.39 is 23.8 Å². The molecular formula is C8H10O4-2. The van der Waals surface area contributed by atoms with Crippen molar-refractivity contribution >= 4 is 11.9 Å². The molecule has 4 heteroatoms. The van der Waals surface area contributed by atoms with E-state index in [4.69, 9.17) is 0 Å². The van der Waals surface area contributed by atoms with Gasteiger partial charge in [0.15, 0.2) is 0 Å². The molecule has 1 aliphatic rings. The van der Waals surface area contributed by atoms with Crippen molar-refractivity contribution in [3.63, 3.8) is 0 Å². The molecule has 0 aliphatic heterocycles. The molecule has 1 rings (SSSR count). The minimum absolute atomic E-state index is 0.171. The van der Waals surface area contributed by atoms with Gasteiger partial charge >= 0.3 is 0 Å². The highest BCUT2D eigenvalue weighted by Crippen LogP contribution is 2.28. The van der Waals surface area contributed by atoms with Crippen molar-refractivity contribution in [2.75, 3.05) is 0 Å². The number of carbonyl (C=O) groups is 2. The molecule has 0 aromatic rings.